The lowest BCUT2D eigenvalue weighted by Crippen LogP contribution is -2.27. The van der Waals surface area contributed by atoms with E-state index in [4.69, 9.17) is 5.21 Å². The highest BCUT2D eigenvalue weighted by Crippen LogP contribution is 2.25. The van der Waals surface area contributed by atoms with Crippen LogP contribution < -0.4 is 10.2 Å². The molecule has 0 aliphatic rings. The monoisotopic (exact) mass is 340 g/mol. The lowest BCUT2D eigenvalue weighted by molar-refractivity contribution is 0.0711. The van der Waals surface area contributed by atoms with E-state index in [1.807, 2.05) is 0 Å². The van der Waals surface area contributed by atoms with E-state index < -0.39 is 22.0 Å². The maximum Gasteiger partial charge on any atom is 0.284 e. The Labute approximate surface area is 132 Å². The van der Waals surface area contributed by atoms with E-state index in [0.717, 1.165) is 11.3 Å². The molecule has 0 aliphatic heterocycles. The van der Waals surface area contributed by atoms with E-state index in [1.165, 1.54) is 6.07 Å². The fourth-order valence-corrected chi connectivity index (χ4v) is 4.42. The van der Waals surface area contributed by atoms with Crippen LogP contribution >= 0.6 is 11.3 Å². The second kappa shape index (κ2) is 6.57. The molecule has 1 unspecified atom stereocenters. The quantitative estimate of drug-likeness (QED) is 0.574. The minimum atomic E-state index is -3.65. The van der Waals surface area contributed by atoms with Gasteiger partial charge in [-0.2, -0.15) is 0 Å². The molecule has 1 aromatic carbocycles. The van der Waals surface area contributed by atoms with Gasteiger partial charge in [-0.3, -0.25) is 10.0 Å². The van der Waals surface area contributed by atoms with Gasteiger partial charge < -0.3 is 0 Å². The van der Waals surface area contributed by atoms with Crippen LogP contribution in [0, 0.1) is 6.92 Å². The van der Waals surface area contributed by atoms with Crippen molar-refractivity contribution in [3.63, 3.8) is 0 Å². The van der Waals surface area contributed by atoms with Crippen LogP contribution in [0.3, 0.4) is 0 Å². The molecule has 0 radical (unpaired) electrons. The first-order valence-electron chi connectivity index (χ1n) is 6.47. The zero-order valence-electron chi connectivity index (χ0n) is 12.0. The molecular formula is C14H16N2O4S2. The van der Waals surface area contributed by atoms with Crippen molar-refractivity contribution in [2.45, 2.75) is 24.8 Å². The van der Waals surface area contributed by atoms with Gasteiger partial charge in [0.2, 0.25) is 10.0 Å². The van der Waals surface area contributed by atoms with Gasteiger partial charge in [0.1, 0.15) is 0 Å². The van der Waals surface area contributed by atoms with Gasteiger partial charge in [0, 0.05) is 4.88 Å². The summed E-state index contributed by atoms with van der Waals surface area (Å²) in [5.74, 6) is -0.620. The Bertz CT molecular complexity index is 784. The van der Waals surface area contributed by atoms with Crippen molar-refractivity contribution in [3.05, 3.63) is 51.7 Å². The molecule has 0 bridgehead atoms. The number of rotatable bonds is 5. The van der Waals surface area contributed by atoms with Crippen LogP contribution in [0.2, 0.25) is 0 Å². The molecule has 22 heavy (non-hydrogen) atoms. The minimum absolute atomic E-state index is 0.228. The van der Waals surface area contributed by atoms with E-state index in [2.05, 4.69) is 4.72 Å². The molecule has 0 spiro atoms. The van der Waals surface area contributed by atoms with Crippen molar-refractivity contribution in [1.29, 1.82) is 0 Å². The highest BCUT2D eigenvalue weighted by molar-refractivity contribution is 7.89. The predicted octanol–water partition coefficient (Wildman–Crippen LogP) is 2.22. The molecule has 0 saturated heterocycles. The molecule has 2 rings (SSSR count). The highest BCUT2D eigenvalue weighted by atomic mass is 32.2. The summed E-state index contributed by atoms with van der Waals surface area (Å²) >= 11 is 1.11. The van der Waals surface area contributed by atoms with Crippen LogP contribution in [0.4, 0.5) is 0 Å². The summed E-state index contributed by atoms with van der Waals surface area (Å²) in [7, 11) is -3.65. The average molecular weight is 340 g/mol. The third-order valence-corrected chi connectivity index (χ3v) is 6.06. The van der Waals surface area contributed by atoms with Crippen molar-refractivity contribution in [3.8, 4) is 0 Å². The third-order valence-electron chi connectivity index (χ3n) is 3.09. The number of thiophene rings is 1. The molecule has 1 atom stereocenters. The zero-order valence-corrected chi connectivity index (χ0v) is 13.7. The summed E-state index contributed by atoms with van der Waals surface area (Å²) in [6, 6.07) is 9.41. The molecule has 1 heterocycles. The maximum absolute atomic E-state index is 12.4. The number of nitrogens with one attached hydrogen (secondary N) is 2. The Morgan fingerprint density at radius 2 is 1.91 bits per heavy atom. The first-order valence-corrected chi connectivity index (χ1v) is 8.77. The van der Waals surface area contributed by atoms with Gasteiger partial charge in [-0.25, -0.2) is 18.6 Å². The fraction of sp³-hybridized carbons (Fsp3) is 0.214. The van der Waals surface area contributed by atoms with Crippen LogP contribution in [-0.4, -0.2) is 19.5 Å². The Morgan fingerprint density at radius 3 is 2.55 bits per heavy atom. The standard InChI is InChI=1S/C14H16N2O4S2/c1-9-5-3-4-6-13(9)22(19,20)16-10(2)11-7-8-12(21-11)14(17)15-18/h3-8,10,16,18H,1-2H3,(H,15,17). The second-order valence-electron chi connectivity index (χ2n) is 4.75. The van der Waals surface area contributed by atoms with Crippen molar-refractivity contribution in [2.24, 2.45) is 0 Å². The number of amides is 1. The Hall–Kier alpha value is -1.74. The van der Waals surface area contributed by atoms with E-state index >= 15 is 0 Å². The summed E-state index contributed by atoms with van der Waals surface area (Å²) in [4.78, 5) is 12.5. The number of hydrogen-bond acceptors (Lipinski definition) is 5. The molecule has 8 heteroatoms. The molecule has 3 N–H and O–H groups in total. The van der Waals surface area contributed by atoms with Crippen molar-refractivity contribution < 1.29 is 18.4 Å². The first-order chi connectivity index (χ1) is 10.3. The van der Waals surface area contributed by atoms with Gasteiger partial charge in [-0.15, -0.1) is 11.3 Å². The Balaban J connectivity index is 2.21. The number of hydrogen-bond donors (Lipinski definition) is 3. The normalized spacial score (nSPS) is 12.9. The Kier molecular flexibility index (Phi) is 4.97. The van der Waals surface area contributed by atoms with Crippen molar-refractivity contribution in [2.75, 3.05) is 0 Å². The maximum atomic E-state index is 12.4. The molecule has 1 amide bonds. The Morgan fingerprint density at radius 1 is 1.23 bits per heavy atom. The van der Waals surface area contributed by atoms with E-state index in [0.29, 0.717) is 15.3 Å². The number of benzene rings is 1. The van der Waals surface area contributed by atoms with E-state index in [1.54, 1.807) is 49.7 Å². The molecule has 2 aromatic rings. The smallest absolute Gasteiger partial charge is 0.284 e. The summed E-state index contributed by atoms with van der Waals surface area (Å²) in [6.45, 7) is 3.43. The topological polar surface area (TPSA) is 95.5 Å². The summed E-state index contributed by atoms with van der Waals surface area (Å²) in [5.41, 5.74) is 2.21. The van der Waals surface area contributed by atoms with Gasteiger partial charge in [0.25, 0.3) is 5.91 Å². The van der Waals surface area contributed by atoms with Gasteiger partial charge in [-0.05, 0) is 37.6 Å². The van der Waals surface area contributed by atoms with Crippen LogP contribution in [-0.2, 0) is 10.0 Å². The molecule has 0 saturated carbocycles. The van der Waals surface area contributed by atoms with Crippen molar-refractivity contribution >= 4 is 27.3 Å². The molecule has 0 aliphatic carbocycles. The number of carbonyl (C=O) groups is 1. The number of hydroxylamine groups is 1. The largest absolute Gasteiger partial charge is 0.288 e. The second-order valence-corrected chi connectivity index (χ2v) is 7.55. The van der Waals surface area contributed by atoms with Crippen LogP contribution in [0.15, 0.2) is 41.3 Å². The van der Waals surface area contributed by atoms with Gasteiger partial charge in [-0.1, -0.05) is 18.2 Å². The van der Waals surface area contributed by atoms with Gasteiger partial charge >= 0.3 is 0 Å². The average Bonchev–Trinajstić information content (AvgIpc) is 2.96. The fourth-order valence-electron chi connectivity index (χ4n) is 1.97. The number of sulfonamides is 1. The lowest BCUT2D eigenvalue weighted by Gasteiger charge is -2.14. The minimum Gasteiger partial charge on any atom is -0.288 e. The van der Waals surface area contributed by atoms with Gasteiger partial charge in [0.05, 0.1) is 15.8 Å². The third kappa shape index (κ3) is 3.53. The predicted molar refractivity (Wildman–Crippen MR) is 83.5 cm³/mol. The summed E-state index contributed by atoms with van der Waals surface area (Å²) in [5, 5.41) is 8.60. The summed E-state index contributed by atoms with van der Waals surface area (Å²) < 4.78 is 27.4. The molecule has 118 valence electrons. The van der Waals surface area contributed by atoms with E-state index in [9.17, 15) is 13.2 Å². The van der Waals surface area contributed by atoms with Crippen molar-refractivity contribution in [1.82, 2.24) is 10.2 Å². The highest BCUT2D eigenvalue weighted by Gasteiger charge is 2.21. The molecule has 1 aromatic heterocycles. The molecule has 6 nitrogen and oxygen atoms in total. The zero-order chi connectivity index (χ0) is 16.3. The number of carbonyl (C=O) groups excluding carboxylic acids is 1. The van der Waals surface area contributed by atoms with Crippen LogP contribution in [0.25, 0.3) is 0 Å². The van der Waals surface area contributed by atoms with Crippen LogP contribution in [0.1, 0.15) is 33.1 Å². The van der Waals surface area contributed by atoms with Crippen LogP contribution in [0.5, 0.6) is 0 Å². The summed E-state index contributed by atoms with van der Waals surface area (Å²) in [6.07, 6.45) is 0. The first kappa shape index (κ1) is 16.6. The van der Waals surface area contributed by atoms with E-state index in [-0.39, 0.29) is 4.90 Å². The SMILES string of the molecule is Cc1ccccc1S(=O)(=O)NC(C)c1ccc(C(=O)NO)s1. The lowest BCUT2D eigenvalue weighted by atomic mass is 10.2. The van der Waals surface area contributed by atoms with Gasteiger partial charge in [0.15, 0.2) is 0 Å². The number of aryl methyl sites for hydroxylation is 1. The molecular weight excluding hydrogens is 324 g/mol. The molecule has 0 fully saturated rings.